The minimum absolute atomic E-state index is 0. The van der Waals surface area contributed by atoms with E-state index in [-0.39, 0.29) is 30.6 Å². The van der Waals surface area contributed by atoms with Crippen molar-refractivity contribution in [2.45, 2.75) is 26.9 Å². The van der Waals surface area contributed by atoms with Gasteiger partial charge in [-0.1, -0.05) is 29.8 Å². The first-order chi connectivity index (χ1) is 11.6. The maximum Gasteiger partial charge on any atom is 0.278 e. The molecule has 0 aliphatic carbocycles. The fourth-order valence-electron chi connectivity index (χ4n) is 2.43. The summed E-state index contributed by atoms with van der Waals surface area (Å²) in [6.07, 6.45) is 3.02. The van der Waals surface area contributed by atoms with Crippen LogP contribution in [-0.2, 0) is 13.1 Å². The van der Waals surface area contributed by atoms with Crippen LogP contribution in [0, 0.1) is 13.8 Å². The Balaban J connectivity index is 0.00000225. The van der Waals surface area contributed by atoms with Crippen molar-refractivity contribution in [3.05, 3.63) is 65.0 Å². The molecular weight excluding hydrogens is 342 g/mol. The fraction of sp³-hybridized carbons (Fsp3) is 0.235. The summed E-state index contributed by atoms with van der Waals surface area (Å²) in [4.78, 5) is 16.4. The summed E-state index contributed by atoms with van der Waals surface area (Å²) in [6, 6.07) is 8.16. The van der Waals surface area contributed by atoms with Crippen molar-refractivity contribution < 1.29 is 9.21 Å². The van der Waals surface area contributed by atoms with E-state index >= 15 is 0 Å². The number of aryl methyl sites for hydroxylation is 2. The van der Waals surface area contributed by atoms with E-state index < -0.39 is 0 Å². The average Bonchev–Trinajstić information content (AvgIpc) is 3.17. The predicted octanol–water partition coefficient (Wildman–Crippen LogP) is 2.67. The molecule has 7 nitrogen and oxygen atoms in total. The van der Waals surface area contributed by atoms with Gasteiger partial charge < -0.3 is 15.5 Å². The van der Waals surface area contributed by atoms with E-state index in [1.165, 1.54) is 11.8 Å². The van der Waals surface area contributed by atoms with Gasteiger partial charge in [0.1, 0.15) is 12.1 Å². The normalized spacial score (nSPS) is 10.4. The molecule has 0 aliphatic rings. The highest BCUT2D eigenvalue weighted by atomic mass is 35.5. The third-order valence-corrected chi connectivity index (χ3v) is 3.63. The van der Waals surface area contributed by atoms with Gasteiger partial charge in [-0.2, -0.15) is 5.10 Å². The summed E-state index contributed by atoms with van der Waals surface area (Å²) in [5, 5.41) is 7.19. The Kier molecular flexibility index (Phi) is 5.95. The smallest absolute Gasteiger partial charge is 0.278 e. The first kappa shape index (κ1) is 18.7. The van der Waals surface area contributed by atoms with Gasteiger partial charge in [0.15, 0.2) is 5.69 Å². The molecule has 0 saturated carbocycles. The standard InChI is InChI=1S/C17H19N5O2.ClH/c1-11-4-3-5-13(6-11)9-22-16(12(2)8-19-22)21-17(23)14-10-24-15(7-18)20-14;/h3-6,8,10H,7,9,18H2,1-2H3,(H,21,23);1H. The summed E-state index contributed by atoms with van der Waals surface area (Å²) in [6.45, 7) is 4.65. The highest BCUT2D eigenvalue weighted by Gasteiger charge is 2.16. The van der Waals surface area contributed by atoms with Gasteiger partial charge in [-0.25, -0.2) is 9.67 Å². The molecule has 8 heteroatoms. The summed E-state index contributed by atoms with van der Waals surface area (Å²) in [7, 11) is 0. The van der Waals surface area contributed by atoms with Gasteiger partial charge in [-0.05, 0) is 19.4 Å². The van der Waals surface area contributed by atoms with Crippen LogP contribution in [-0.4, -0.2) is 20.7 Å². The molecule has 0 spiro atoms. The zero-order valence-electron chi connectivity index (χ0n) is 14.0. The van der Waals surface area contributed by atoms with E-state index in [2.05, 4.69) is 21.5 Å². The molecule has 3 rings (SSSR count). The van der Waals surface area contributed by atoms with Crippen LogP contribution in [0.5, 0.6) is 0 Å². The van der Waals surface area contributed by atoms with Crippen molar-refractivity contribution in [3.63, 3.8) is 0 Å². The van der Waals surface area contributed by atoms with Crippen LogP contribution in [0.4, 0.5) is 5.82 Å². The molecule has 1 amide bonds. The van der Waals surface area contributed by atoms with Crippen LogP contribution < -0.4 is 11.1 Å². The minimum Gasteiger partial charge on any atom is -0.447 e. The van der Waals surface area contributed by atoms with Crippen LogP contribution in [0.25, 0.3) is 0 Å². The third-order valence-electron chi connectivity index (χ3n) is 3.63. The number of hydrogen-bond acceptors (Lipinski definition) is 5. The van der Waals surface area contributed by atoms with Gasteiger partial charge in [0.05, 0.1) is 19.3 Å². The molecule has 132 valence electrons. The van der Waals surface area contributed by atoms with Crippen LogP contribution in [0.2, 0.25) is 0 Å². The second-order valence-corrected chi connectivity index (χ2v) is 5.61. The maximum atomic E-state index is 12.3. The number of oxazole rings is 1. The number of nitrogens with one attached hydrogen (secondary N) is 1. The number of benzene rings is 1. The minimum atomic E-state index is -0.354. The van der Waals surface area contributed by atoms with E-state index in [1.54, 1.807) is 10.9 Å². The molecule has 0 unspecified atom stereocenters. The zero-order chi connectivity index (χ0) is 17.1. The number of aromatic nitrogens is 3. The van der Waals surface area contributed by atoms with Gasteiger partial charge in [-0.3, -0.25) is 4.79 Å². The van der Waals surface area contributed by atoms with Crippen molar-refractivity contribution in [1.29, 1.82) is 0 Å². The lowest BCUT2D eigenvalue weighted by Crippen LogP contribution is -2.17. The van der Waals surface area contributed by atoms with Crippen LogP contribution >= 0.6 is 12.4 Å². The molecule has 0 fully saturated rings. The number of anilines is 1. The number of halogens is 1. The topological polar surface area (TPSA) is 99.0 Å². The van der Waals surface area contributed by atoms with Gasteiger partial charge in [0, 0.05) is 5.56 Å². The van der Waals surface area contributed by atoms with E-state index in [9.17, 15) is 4.79 Å². The van der Waals surface area contributed by atoms with Crippen molar-refractivity contribution in [2.24, 2.45) is 5.73 Å². The van der Waals surface area contributed by atoms with Crippen molar-refractivity contribution >= 4 is 24.1 Å². The van der Waals surface area contributed by atoms with Crippen LogP contribution in [0.1, 0.15) is 33.1 Å². The molecule has 0 radical (unpaired) electrons. The molecule has 3 N–H and O–H groups in total. The Morgan fingerprint density at radius 3 is 2.84 bits per heavy atom. The molecule has 0 bridgehead atoms. The molecule has 3 aromatic rings. The SMILES string of the molecule is Cc1cccc(Cn2ncc(C)c2NC(=O)c2coc(CN)n2)c1.Cl. The number of rotatable bonds is 5. The summed E-state index contributed by atoms with van der Waals surface area (Å²) in [5.41, 5.74) is 8.80. The number of hydrogen-bond donors (Lipinski definition) is 2. The molecule has 2 aromatic heterocycles. The van der Waals surface area contributed by atoms with Crippen molar-refractivity contribution in [2.75, 3.05) is 5.32 Å². The Morgan fingerprint density at radius 2 is 2.16 bits per heavy atom. The number of carbonyl (C=O) groups excluding carboxylic acids is 1. The third kappa shape index (κ3) is 4.26. The van der Waals surface area contributed by atoms with Crippen molar-refractivity contribution in [1.82, 2.24) is 14.8 Å². The largest absolute Gasteiger partial charge is 0.447 e. The van der Waals surface area contributed by atoms with E-state index in [0.29, 0.717) is 18.3 Å². The Morgan fingerprint density at radius 1 is 1.36 bits per heavy atom. The number of carbonyl (C=O) groups is 1. The lowest BCUT2D eigenvalue weighted by molar-refractivity contribution is 0.102. The molecular formula is C17H20ClN5O2. The van der Waals surface area contributed by atoms with Gasteiger partial charge in [-0.15, -0.1) is 12.4 Å². The zero-order valence-corrected chi connectivity index (χ0v) is 14.8. The maximum absolute atomic E-state index is 12.3. The van der Waals surface area contributed by atoms with E-state index in [4.69, 9.17) is 10.2 Å². The monoisotopic (exact) mass is 361 g/mol. The summed E-state index contributed by atoms with van der Waals surface area (Å²) in [5.74, 6) is 0.608. The molecule has 0 atom stereocenters. The molecule has 0 aliphatic heterocycles. The Labute approximate surface area is 151 Å². The highest BCUT2D eigenvalue weighted by Crippen LogP contribution is 2.17. The number of amides is 1. The van der Waals surface area contributed by atoms with E-state index in [1.807, 2.05) is 32.0 Å². The molecule has 25 heavy (non-hydrogen) atoms. The summed E-state index contributed by atoms with van der Waals surface area (Å²) < 4.78 is 6.86. The second-order valence-electron chi connectivity index (χ2n) is 5.61. The molecule has 0 saturated heterocycles. The lowest BCUT2D eigenvalue weighted by atomic mass is 10.1. The summed E-state index contributed by atoms with van der Waals surface area (Å²) >= 11 is 0. The lowest BCUT2D eigenvalue weighted by Gasteiger charge is -2.10. The van der Waals surface area contributed by atoms with Crippen LogP contribution in [0.15, 0.2) is 41.1 Å². The molecule has 2 heterocycles. The van der Waals surface area contributed by atoms with Crippen LogP contribution in [0.3, 0.4) is 0 Å². The van der Waals surface area contributed by atoms with Crippen molar-refractivity contribution in [3.8, 4) is 0 Å². The Hall–Kier alpha value is -2.64. The fourth-order valence-corrected chi connectivity index (χ4v) is 2.43. The van der Waals surface area contributed by atoms with Gasteiger partial charge >= 0.3 is 0 Å². The second kappa shape index (κ2) is 7.96. The van der Waals surface area contributed by atoms with Gasteiger partial charge in [0.2, 0.25) is 5.89 Å². The first-order valence-corrected chi connectivity index (χ1v) is 7.60. The quantitative estimate of drug-likeness (QED) is 0.727. The first-order valence-electron chi connectivity index (χ1n) is 7.60. The average molecular weight is 362 g/mol. The highest BCUT2D eigenvalue weighted by molar-refractivity contribution is 6.02. The van der Waals surface area contributed by atoms with E-state index in [0.717, 1.165) is 11.1 Å². The molecule has 1 aromatic carbocycles. The van der Waals surface area contributed by atoms with Gasteiger partial charge in [0.25, 0.3) is 5.91 Å². The Bertz CT molecular complexity index is 872. The number of nitrogens with zero attached hydrogens (tertiary/aromatic N) is 3. The number of nitrogens with two attached hydrogens (primary N) is 1. The predicted molar refractivity (Wildman–Crippen MR) is 96.8 cm³/mol.